The van der Waals surface area contributed by atoms with Crippen molar-refractivity contribution in [2.45, 2.75) is 10.6 Å². The molecule has 0 aromatic heterocycles. The summed E-state index contributed by atoms with van der Waals surface area (Å²) in [5.41, 5.74) is 1.72. The van der Waals surface area contributed by atoms with Crippen LogP contribution in [0.15, 0.2) is 53.4 Å². The second kappa shape index (κ2) is 6.26. The first kappa shape index (κ1) is 12.7. The fourth-order valence-corrected chi connectivity index (χ4v) is 2.56. The Morgan fingerprint density at radius 2 is 1.94 bits per heavy atom. The average Bonchev–Trinajstić information content (AvgIpc) is 2.45. The van der Waals surface area contributed by atoms with Gasteiger partial charge in [-0.15, -0.1) is 11.8 Å². The molecule has 92 valence electrons. The van der Waals surface area contributed by atoms with Gasteiger partial charge in [0.15, 0.2) is 0 Å². The molecule has 0 radical (unpaired) electrons. The Balaban J connectivity index is 2.15. The van der Waals surface area contributed by atoms with E-state index in [4.69, 9.17) is 4.74 Å². The molecule has 0 spiro atoms. The third-order valence-corrected chi connectivity index (χ3v) is 3.64. The molecule has 2 aromatic rings. The molecule has 2 rings (SSSR count). The number of benzene rings is 2. The van der Waals surface area contributed by atoms with Gasteiger partial charge in [0.2, 0.25) is 0 Å². The fourth-order valence-electron chi connectivity index (χ4n) is 1.66. The smallest absolute Gasteiger partial charge is 0.150 e. The Morgan fingerprint density at radius 1 is 1.17 bits per heavy atom. The molecule has 0 aliphatic rings. The van der Waals surface area contributed by atoms with Gasteiger partial charge < -0.3 is 4.74 Å². The minimum atomic E-state index is 0.680. The molecule has 0 saturated heterocycles. The van der Waals surface area contributed by atoms with E-state index in [-0.39, 0.29) is 0 Å². The number of thioether (sulfide) groups is 1. The van der Waals surface area contributed by atoms with E-state index in [0.29, 0.717) is 5.56 Å². The zero-order valence-corrected chi connectivity index (χ0v) is 10.9. The normalized spacial score (nSPS) is 10.1. The Morgan fingerprint density at radius 3 is 2.61 bits per heavy atom. The molecule has 0 N–H and O–H groups in total. The summed E-state index contributed by atoms with van der Waals surface area (Å²) in [4.78, 5) is 12.0. The first-order valence-corrected chi connectivity index (χ1v) is 6.62. The molecule has 2 nitrogen and oxygen atoms in total. The summed E-state index contributed by atoms with van der Waals surface area (Å²) < 4.78 is 5.30. The van der Waals surface area contributed by atoms with Gasteiger partial charge in [0, 0.05) is 21.8 Å². The van der Waals surface area contributed by atoms with E-state index in [9.17, 15) is 4.79 Å². The summed E-state index contributed by atoms with van der Waals surface area (Å²) in [6.45, 7) is 0. The third-order valence-electron chi connectivity index (χ3n) is 2.58. The van der Waals surface area contributed by atoms with Crippen molar-refractivity contribution >= 4 is 18.0 Å². The zero-order chi connectivity index (χ0) is 12.8. The van der Waals surface area contributed by atoms with Crippen molar-refractivity contribution in [3.8, 4) is 5.75 Å². The van der Waals surface area contributed by atoms with Gasteiger partial charge in [-0.05, 0) is 30.3 Å². The largest absolute Gasteiger partial charge is 0.496 e. The van der Waals surface area contributed by atoms with Crippen LogP contribution in [0.2, 0.25) is 0 Å². The van der Waals surface area contributed by atoms with Crippen molar-refractivity contribution < 1.29 is 9.53 Å². The highest BCUT2D eigenvalue weighted by Gasteiger charge is 2.05. The number of carbonyl (C=O) groups is 1. The first-order valence-electron chi connectivity index (χ1n) is 5.63. The first-order chi connectivity index (χ1) is 8.83. The Bertz CT molecular complexity index is 523. The number of methoxy groups -OCH3 is 1. The Hall–Kier alpha value is -1.74. The standard InChI is InChI=1S/C15H14O2S/c1-17-15-8-7-12(10-16)9-13(15)11-18-14-5-3-2-4-6-14/h2-10H,11H2,1H3. The van der Waals surface area contributed by atoms with Crippen molar-refractivity contribution in [3.05, 3.63) is 59.7 Å². The second-order valence-electron chi connectivity index (χ2n) is 3.79. The molecule has 0 bridgehead atoms. The number of carbonyl (C=O) groups excluding carboxylic acids is 1. The van der Waals surface area contributed by atoms with Crippen LogP contribution in [0, 0.1) is 0 Å². The van der Waals surface area contributed by atoms with E-state index in [2.05, 4.69) is 12.1 Å². The molecule has 0 aliphatic carbocycles. The van der Waals surface area contributed by atoms with E-state index in [1.165, 1.54) is 4.90 Å². The summed E-state index contributed by atoms with van der Waals surface area (Å²) >= 11 is 1.73. The van der Waals surface area contributed by atoms with Crippen molar-refractivity contribution in [1.29, 1.82) is 0 Å². The van der Waals surface area contributed by atoms with Gasteiger partial charge in [0.1, 0.15) is 12.0 Å². The molecule has 0 heterocycles. The van der Waals surface area contributed by atoms with Crippen LogP contribution in [0.1, 0.15) is 15.9 Å². The quantitative estimate of drug-likeness (QED) is 0.602. The van der Waals surface area contributed by atoms with Crippen LogP contribution >= 0.6 is 11.8 Å². The Kier molecular flexibility index (Phi) is 4.42. The van der Waals surface area contributed by atoms with Gasteiger partial charge in [-0.2, -0.15) is 0 Å². The summed E-state index contributed by atoms with van der Waals surface area (Å²) in [6.07, 6.45) is 0.857. The molecular weight excluding hydrogens is 244 g/mol. The lowest BCUT2D eigenvalue weighted by atomic mass is 10.1. The van der Waals surface area contributed by atoms with Gasteiger partial charge in [0.05, 0.1) is 7.11 Å². The molecular formula is C15H14O2S. The lowest BCUT2D eigenvalue weighted by Crippen LogP contribution is -1.92. The number of hydrogen-bond donors (Lipinski definition) is 0. The highest BCUT2D eigenvalue weighted by Crippen LogP contribution is 2.28. The highest BCUT2D eigenvalue weighted by molar-refractivity contribution is 7.98. The topological polar surface area (TPSA) is 26.3 Å². The van der Waals surface area contributed by atoms with Gasteiger partial charge in [-0.1, -0.05) is 18.2 Å². The molecule has 0 amide bonds. The monoisotopic (exact) mass is 258 g/mol. The predicted octanol–water partition coefficient (Wildman–Crippen LogP) is 3.80. The van der Waals surface area contributed by atoms with Gasteiger partial charge in [0.25, 0.3) is 0 Å². The molecule has 0 saturated carbocycles. The fraction of sp³-hybridized carbons (Fsp3) is 0.133. The maximum atomic E-state index is 10.8. The second-order valence-corrected chi connectivity index (χ2v) is 4.84. The van der Waals surface area contributed by atoms with Crippen molar-refractivity contribution in [2.75, 3.05) is 7.11 Å². The maximum Gasteiger partial charge on any atom is 0.150 e. The van der Waals surface area contributed by atoms with Crippen LogP contribution in [0.5, 0.6) is 5.75 Å². The van der Waals surface area contributed by atoms with E-state index < -0.39 is 0 Å². The molecule has 0 aliphatic heterocycles. The minimum Gasteiger partial charge on any atom is -0.496 e. The molecule has 18 heavy (non-hydrogen) atoms. The van der Waals surface area contributed by atoms with Crippen LogP contribution in [0.4, 0.5) is 0 Å². The minimum absolute atomic E-state index is 0.680. The summed E-state index contributed by atoms with van der Waals surface area (Å²) in [5.74, 6) is 1.61. The Labute approximate surface area is 111 Å². The SMILES string of the molecule is COc1ccc(C=O)cc1CSc1ccccc1. The maximum absolute atomic E-state index is 10.8. The van der Waals surface area contributed by atoms with Crippen molar-refractivity contribution in [2.24, 2.45) is 0 Å². The van der Waals surface area contributed by atoms with Crippen LogP contribution in [-0.4, -0.2) is 13.4 Å². The van der Waals surface area contributed by atoms with E-state index >= 15 is 0 Å². The predicted molar refractivity (Wildman–Crippen MR) is 74.4 cm³/mol. The number of aldehydes is 1. The summed E-state index contributed by atoms with van der Waals surface area (Å²) in [6, 6.07) is 15.6. The lowest BCUT2D eigenvalue weighted by Gasteiger charge is -2.08. The van der Waals surface area contributed by atoms with Crippen molar-refractivity contribution in [3.63, 3.8) is 0 Å². The lowest BCUT2D eigenvalue weighted by molar-refractivity contribution is 0.112. The summed E-state index contributed by atoms with van der Waals surface area (Å²) in [5, 5.41) is 0. The third kappa shape index (κ3) is 3.14. The van der Waals surface area contributed by atoms with Crippen LogP contribution < -0.4 is 4.74 Å². The van der Waals surface area contributed by atoms with E-state index in [1.54, 1.807) is 24.9 Å². The van der Waals surface area contributed by atoms with Crippen LogP contribution in [0.3, 0.4) is 0 Å². The zero-order valence-electron chi connectivity index (χ0n) is 10.1. The molecule has 0 fully saturated rings. The average molecular weight is 258 g/mol. The van der Waals surface area contributed by atoms with Crippen LogP contribution in [0.25, 0.3) is 0 Å². The molecule has 3 heteroatoms. The molecule has 0 atom stereocenters. The van der Waals surface area contributed by atoms with Gasteiger partial charge in [-0.3, -0.25) is 4.79 Å². The number of ether oxygens (including phenoxy) is 1. The molecule has 2 aromatic carbocycles. The van der Waals surface area contributed by atoms with E-state index in [1.807, 2.05) is 30.3 Å². The van der Waals surface area contributed by atoms with E-state index in [0.717, 1.165) is 23.4 Å². The van der Waals surface area contributed by atoms with Crippen molar-refractivity contribution in [1.82, 2.24) is 0 Å². The number of hydrogen-bond acceptors (Lipinski definition) is 3. The van der Waals surface area contributed by atoms with Crippen LogP contribution in [-0.2, 0) is 5.75 Å². The van der Waals surface area contributed by atoms with Gasteiger partial charge in [-0.25, -0.2) is 0 Å². The van der Waals surface area contributed by atoms with Gasteiger partial charge >= 0.3 is 0 Å². The highest BCUT2D eigenvalue weighted by atomic mass is 32.2. The summed E-state index contributed by atoms with van der Waals surface area (Å²) in [7, 11) is 1.65. The molecule has 0 unspecified atom stereocenters. The number of rotatable bonds is 5.